The number of hydrogen-bond acceptors (Lipinski definition) is 2. The second-order valence-electron chi connectivity index (χ2n) is 7.38. The third-order valence-corrected chi connectivity index (χ3v) is 4.51. The van der Waals surface area contributed by atoms with E-state index in [0.717, 1.165) is 16.6 Å². The third-order valence-electron chi connectivity index (χ3n) is 4.51. The summed E-state index contributed by atoms with van der Waals surface area (Å²) in [5.41, 5.74) is 3.37. The minimum atomic E-state index is -0.511. The third kappa shape index (κ3) is 3.15. The van der Waals surface area contributed by atoms with E-state index in [2.05, 4.69) is 12.1 Å². The van der Waals surface area contributed by atoms with Gasteiger partial charge in [-0.15, -0.1) is 0 Å². The molecule has 0 saturated heterocycles. The number of rotatable bonds is 4. The van der Waals surface area contributed by atoms with Gasteiger partial charge in [-0.2, -0.15) is 0 Å². The molecule has 1 atom stereocenters. The number of benzene rings is 2. The van der Waals surface area contributed by atoms with E-state index in [1.54, 1.807) is 0 Å². The highest BCUT2D eigenvalue weighted by Crippen LogP contribution is 2.22. The van der Waals surface area contributed by atoms with E-state index in [9.17, 15) is 5.11 Å². The van der Waals surface area contributed by atoms with Gasteiger partial charge in [-0.25, -0.2) is 0 Å². The first kappa shape index (κ1) is 16.5. The van der Waals surface area contributed by atoms with Crippen LogP contribution in [0.1, 0.15) is 26.3 Å². The van der Waals surface area contributed by atoms with Gasteiger partial charge in [-0.1, -0.05) is 63.2 Å². The molecule has 0 bridgehead atoms. The molecule has 0 aliphatic carbocycles. The zero-order chi connectivity index (χ0) is 17.3. The number of imidazole rings is 1. The van der Waals surface area contributed by atoms with Gasteiger partial charge in [0.15, 0.2) is 0 Å². The molecule has 0 fully saturated rings. The van der Waals surface area contributed by atoms with Gasteiger partial charge >= 0.3 is 0 Å². The van der Waals surface area contributed by atoms with Crippen LogP contribution < -0.4 is 5.62 Å². The molecule has 0 aliphatic heterocycles. The van der Waals surface area contributed by atoms with Crippen LogP contribution in [0.15, 0.2) is 54.6 Å². The Bertz CT molecular complexity index is 885. The van der Waals surface area contributed by atoms with Gasteiger partial charge in [0, 0.05) is 0 Å². The fraction of sp³-hybridized carbons (Fsp3) is 0.350. The zero-order valence-corrected chi connectivity index (χ0v) is 14.5. The first-order valence-electron chi connectivity index (χ1n) is 8.32. The Kier molecular flexibility index (Phi) is 4.33. The molecule has 2 N–H and O–H groups in total. The molecule has 1 aromatic heterocycles. The Balaban J connectivity index is 2.08. The van der Waals surface area contributed by atoms with E-state index in [1.807, 2.05) is 72.4 Å². The maximum Gasteiger partial charge on any atom is 0.203 e. The number of aliphatic hydroxyl groups is 1. The maximum atomic E-state index is 10.5. The van der Waals surface area contributed by atoms with Crippen LogP contribution in [0.3, 0.4) is 0 Å². The Morgan fingerprint density at radius 2 is 1.46 bits per heavy atom. The summed E-state index contributed by atoms with van der Waals surface area (Å²) < 4.78 is 3.91. The maximum absolute atomic E-state index is 10.5. The molecule has 3 aromatic rings. The minimum absolute atomic E-state index is 0.220. The number of nitrogens with zero attached hydrogens (tertiary/aromatic N) is 2. The highest BCUT2D eigenvalue weighted by atomic mass is 16.3. The van der Waals surface area contributed by atoms with Crippen LogP contribution in [0.25, 0.3) is 11.0 Å². The SMILES string of the molecule is CC(C)(C)[C@@H](O)Cn1c(=N)n(Cc2ccccc2)c2ccccc21. The molecule has 2 aromatic carbocycles. The average Bonchev–Trinajstić information content (AvgIpc) is 2.81. The first-order chi connectivity index (χ1) is 11.4. The monoisotopic (exact) mass is 323 g/mol. The van der Waals surface area contributed by atoms with Gasteiger partial charge in [0.2, 0.25) is 5.62 Å². The summed E-state index contributed by atoms with van der Waals surface area (Å²) in [7, 11) is 0. The summed E-state index contributed by atoms with van der Waals surface area (Å²) in [6, 6.07) is 18.2. The molecule has 4 heteroatoms. The molecular formula is C20H25N3O. The summed E-state index contributed by atoms with van der Waals surface area (Å²) in [6.07, 6.45) is -0.511. The minimum Gasteiger partial charge on any atom is -0.391 e. The molecule has 0 spiro atoms. The summed E-state index contributed by atoms with van der Waals surface area (Å²) in [4.78, 5) is 0. The van der Waals surface area contributed by atoms with Crippen LogP contribution in [0.4, 0.5) is 0 Å². The molecule has 4 nitrogen and oxygen atoms in total. The van der Waals surface area contributed by atoms with Crippen molar-refractivity contribution in [1.29, 1.82) is 5.41 Å². The molecule has 126 valence electrons. The topological polar surface area (TPSA) is 53.9 Å². The second-order valence-corrected chi connectivity index (χ2v) is 7.38. The highest BCUT2D eigenvalue weighted by molar-refractivity contribution is 5.76. The highest BCUT2D eigenvalue weighted by Gasteiger charge is 2.24. The second kappa shape index (κ2) is 6.29. The summed E-state index contributed by atoms with van der Waals surface area (Å²) in [6.45, 7) is 7.13. The lowest BCUT2D eigenvalue weighted by atomic mass is 9.89. The smallest absolute Gasteiger partial charge is 0.203 e. The first-order valence-corrected chi connectivity index (χ1v) is 8.32. The van der Waals surface area contributed by atoms with Crippen molar-refractivity contribution in [2.75, 3.05) is 0 Å². The van der Waals surface area contributed by atoms with Gasteiger partial charge in [0.25, 0.3) is 0 Å². The van der Waals surface area contributed by atoms with Gasteiger partial charge in [-0.05, 0) is 23.1 Å². The molecule has 1 heterocycles. The quantitative estimate of drug-likeness (QED) is 0.760. The van der Waals surface area contributed by atoms with Crippen LogP contribution >= 0.6 is 0 Å². The fourth-order valence-corrected chi connectivity index (χ4v) is 2.85. The Hall–Kier alpha value is -2.33. The Labute approximate surface area is 142 Å². The predicted molar refractivity (Wildman–Crippen MR) is 96.8 cm³/mol. The van der Waals surface area contributed by atoms with Crippen molar-refractivity contribution in [3.05, 3.63) is 65.8 Å². The number of fused-ring (bicyclic) bond motifs is 1. The summed E-state index contributed by atoms with van der Waals surface area (Å²) in [5, 5.41) is 19.1. The van der Waals surface area contributed by atoms with E-state index in [0.29, 0.717) is 18.7 Å². The predicted octanol–water partition coefficient (Wildman–Crippen LogP) is 3.38. The van der Waals surface area contributed by atoms with E-state index < -0.39 is 6.10 Å². The summed E-state index contributed by atoms with van der Waals surface area (Å²) in [5.74, 6) is 0. The van der Waals surface area contributed by atoms with Crippen LogP contribution in [0, 0.1) is 10.8 Å². The molecule has 0 aliphatic rings. The van der Waals surface area contributed by atoms with Gasteiger partial charge in [0.1, 0.15) is 0 Å². The molecule has 0 amide bonds. The standard InChI is InChI=1S/C20H25N3O/c1-20(2,3)18(24)14-23-17-12-8-7-11-16(17)22(19(23)21)13-15-9-5-4-6-10-15/h4-12,18,21,24H,13-14H2,1-3H3/t18-/m0/s1. The fourth-order valence-electron chi connectivity index (χ4n) is 2.85. The number of nitrogens with one attached hydrogen (secondary N) is 1. The number of para-hydroxylation sites is 2. The Morgan fingerprint density at radius 3 is 2.04 bits per heavy atom. The van der Waals surface area contributed by atoms with Crippen molar-refractivity contribution in [3.63, 3.8) is 0 Å². The van der Waals surface area contributed by atoms with E-state index >= 15 is 0 Å². The van der Waals surface area contributed by atoms with Gasteiger partial charge in [0.05, 0.1) is 30.2 Å². The van der Waals surface area contributed by atoms with Crippen molar-refractivity contribution in [2.24, 2.45) is 5.41 Å². The lowest BCUT2D eigenvalue weighted by Gasteiger charge is -2.26. The van der Waals surface area contributed by atoms with Crippen molar-refractivity contribution in [3.8, 4) is 0 Å². The molecule has 3 rings (SSSR count). The molecule has 24 heavy (non-hydrogen) atoms. The number of aromatic nitrogens is 2. The van der Waals surface area contributed by atoms with E-state index in [4.69, 9.17) is 5.41 Å². The molecule has 0 radical (unpaired) electrons. The van der Waals surface area contributed by atoms with Crippen molar-refractivity contribution in [2.45, 2.75) is 40.0 Å². The van der Waals surface area contributed by atoms with Crippen LogP contribution in [0.5, 0.6) is 0 Å². The molecule has 0 unspecified atom stereocenters. The summed E-state index contributed by atoms with van der Waals surface area (Å²) >= 11 is 0. The number of aliphatic hydroxyl groups excluding tert-OH is 1. The van der Waals surface area contributed by atoms with E-state index in [-0.39, 0.29) is 5.41 Å². The number of hydrogen-bond donors (Lipinski definition) is 2. The van der Waals surface area contributed by atoms with Gasteiger partial charge < -0.3 is 14.2 Å². The lowest BCUT2D eigenvalue weighted by Crippen LogP contribution is -2.35. The molecule has 0 saturated carbocycles. The van der Waals surface area contributed by atoms with Crippen molar-refractivity contribution < 1.29 is 5.11 Å². The zero-order valence-electron chi connectivity index (χ0n) is 14.5. The van der Waals surface area contributed by atoms with Crippen LogP contribution in [-0.2, 0) is 13.1 Å². The van der Waals surface area contributed by atoms with E-state index in [1.165, 1.54) is 0 Å². The normalized spacial score (nSPS) is 13.3. The van der Waals surface area contributed by atoms with Crippen molar-refractivity contribution >= 4 is 11.0 Å². The average molecular weight is 323 g/mol. The Morgan fingerprint density at radius 1 is 0.917 bits per heavy atom. The molecular weight excluding hydrogens is 298 g/mol. The largest absolute Gasteiger partial charge is 0.391 e. The van der Waals surface area contributed by atoms with Crippen LogP contribution in [0.2, 0.25) is 0 Å². The van der Waals surface area contributed by atoms with Crippen molar-refractivity contribution in [1.82, 2.24) is 9.13 Å². The van der Waals surface area contributed by atoms with Gasteiger partial charge in [-0.3, -0.25) is 5.41 Å². The lowest BCUT2D eigenvalue weighted by molar-refractivity contribution is 0.0478. The van der Waals surface area contributed by atoms with Crippen LogP contribution in [-0.4, -0.2) is 20.3 Å².